The Kier molecular flexibility index (Phi) is 13.7. The molecule has 0 bridgehead atoms. The fourth-order valence-electron chi connectivity index (χ4n) is 2.09. The molecule has 0 N–H and O–H groups in total. The van der Waals surface area contributed by atoms with Gasteiger partial charge in [0.2, 0.25) is 0 Å². The van der Waals surface area contributed by atoms with Crippen LogP contribution in [0.4, 0.5) is 0 Å². The van der Waals surface area contributed by atoms with E-state index in [1.54, 1.807) is 0 Å². The third-order valence-electron chi connectivity index (χ3n) is 3.26. The summed E-state index contributed by atoms with van der Waals surface area (Å²) in [5.41, 5.74) is 3.17. The molecule has 0 radical (unpaired) electrons. The Morgan fingerprint density at radius 1 is 1.05 bits per heavy atom. The number of carbonyl (C=O) groups excluding carboxylic acids is 1. The van der Waals surface area contributed by atoms with E-state index in [1.165, 1.54) is 51.9 Å². The van der Waals surface area contributed by atoms with Crippen molar-refractivity contribution in [3.63, 3.8) is 0 Å². The number of ether oxygens (including phenoxy) is 1. The van der Waals surface area contributed by atoms with Crippen molar-refractivity contribution in [2.24, 2.45) is 0 Å². The molecule has 0 heterocycles. The molecule has 0 fully saturated rings. The lowest BCUT2D eigenvalue weighted by atomic mass is 10.1. The Balaban J connectivity index is 4.00. The summed E-state index contributed by atoms with van der Waals surface area (Å²) >= 11 is 0. The number of unbranched alkanes of at least 4 members (excludes halogenated alkanes) is 7. The van der Waals surface area contributed by atoms with Crippen molar-refractivity contribution in [3.8, 4) is 0 Å². The maximum Gasteiger partial charge on any atom is 0.303 e. The molecular formula is C18H32O2. The van der Waals surface area contributed by atoms with Gasteiger partial charge in [-0.1, -0.05) is 52.4 Å². The molecule has 0 aromatic rings. The zero-order chi connectivity index (χ0) is 15.1. The van der Waals surface area contributed by atoms with Crippen LogP contribution < -0.4 is 0 Å². The van der Waals surface area contributed by atoms with Crippen molar-refractivity contribution < 1.29 is 9.53 Å². The summed E-state index contributed by atoms with van der Waals surface area (Å²) in [6, 6.07) is 0. The SMILES string of the molecule is CCCCCC=C=CC(CCCCCCC)OC(C)=O. The van der Waals surface area contributed by atoms with Gasteiger partial charge in [-0.05, 0) is 37.8 Å². The van der Waals surface area contributed by atoms with Crippen LogP contribution in [0.15, 0.2) is 17.9 Å². The predicted octanol–water partition coefficient (Wildman–Crippen LogP) is 5.57. The maximum absolute atomic E-state index is 11.1. The molecular weight excluding hydrogens is 248 g/mol. The highest BCUT2D eigenvalue weighted by atomic mass is 16.5. The summed E-state index contributed by atoms with van der Waals surface area (Å²) < 4.78 is 5.31. The van der Waals surface area contributed by atoms with E-state index >= 15 is 0 Å². The monoisotopic (exact) mass is 280 g/mol. The van der Waals surface area contributed by atoms with Crippen molar-refractivity contribution in [1.82, 2.24) is 0 Å². The molecule has 116 valence electrons. The van der Waals surface area contributed by atoms with Crippen LogP contribution in [0, 0.1) is 0 Å². The minimum Gasteiger partial charge on any atom is -0.458 e. The van der Waals surface area contributed by atoms with E-state index < -0.39 is 0 Å². The van der Waals surface area contributed by atoms with Crippen molar-refractivity contribution in [2.75, 3.05) is 0 Å². The summed E-state index contributed by atoms with van der Waals surface area (Å²) in [7, 11) is 0. The third kappa shape index (κ3) is 13.4. The van der Waals surface area contributed by atoms with Crippen LogP contribution in [0.25, 0.3) is 0 Å². The maximum atomic E-state index is 11.1. The highest BCUT2D eigenvalue weighted by molar-refractivity contribution is 5.66. The fraction of sp³-hybridized carbons (Fsp3) is 0.778. The van der Waals surface area contributed by atoms with Crippen LogP contribution >= 0.6 is 0 Å². The number of esters is 1. The van der Waals surface area contributed by atoms with Gasteiger partial charge in [0.25, 0.3) is 0 Å². The van der Waals surface area contributed by atoms with Gasteiger partial charge in [-0.15, -0.1) is 5.73 Å². The van der Waals surface area contributed by atoms with Crippen LogP contribution in [-0.4, -0.2) is 12.1 Å². The van der Waals surface area contributed by atoms with Gasteiger partial charge in [0, 0.05) is 6.92 Å². The lowest BCUT2D eigenvalue weighted by molar-refractivity contribution is -0.144. The van der Waals surface area contributed by atoms with E-state index in [-0.39, 0.29) is 12.1 Å². The summed E-state index contributed by atoms with van der Waals surface area (Å²) in [4.78, 5) is 11.1. The van der Waals surface area contributed by atoms with Crippen LogP contribution in [0.2, 0.25) is 0 Å². The summed E-state index contributed by atoms with van der Waals surface area (Å²) in [5.74, 6) is -0.201. The van der Waals surface area contributed by atoms with E-state index in [0.29, 0.717) is 0 Å². The second-order valence-corrected chi connectivity index (χ2v) is 5.38. The largest absolute Gasteiger partial charge is 0.458 e. The van der Waals surface area contributed by atoms with Gasteiger partial charge in [0.15, 0.2) is 0 Å². The van der Waals surface area contributed by atoms with Crippen molar-refractivity contribution in [3.05, 3.63) is 17.9 Å². The molecule has 1 atom stereocenters. The molecule has 0 aliphatic heterocycles. The van der Waals surface area contributed by atoms with Crippen LogP contribution in [0.5, 0.6) is 0 Å². The van der Waals surface area contributed by atoms with Gasteiger partial charge >= 0.3 is 5.97 Å². The summed E-state index contributed by atoms with van der Waals surface area (Å²) in [6.45, 7) is 5.89. The van der Waals surface area contributed by atoms with Crippen molar-refractivity contribution in [2.45, 2.75) is 91.1 Å². The highest BCUT2D eigenvalue weighted by Crippen LogP contribution is 2.10. The normalized spacial score (nSPS) is 11.6. The van der Waals surface area contributed by atoms with Gasteiger partial charge < -0.3 is 4.74 Å². The average molecular weight is 280 g/mol. The molecule has 2 nitrogen and oxygen atoms in total. The zero-order valence-corrected chi connectivity index (χ0v) is 13.6. The Morgan fingerprint density at radius 2 is 1.70 bits per heavy atom. The lowest BCUT2D eigenvalue weighted by Gasteiger charge is -2.11. The van der Waals surface area contributed by atoms with Crippen molar-refractivity contribution in [1.29, 1.82) is 0 Å². The first-order chi connectivity index (χ1) is 9.70. The van der Waals surface area contributed by atoms with E-state index in [1.807, 2.05) is 6.08 Å². The Hall–Kier alpha value is -1.01. The topological polar surface area (TPSA) is 26.3 Å². The second kappa shape index (κ2) is 14.4. The standard InChI is InChI=1S/C18H32O2/c1-4-6-8-10-12-14-16-18(20-17(3)19)15-13-11-9-7-5-2/h12,16,18H,4-11,13,15H2,1-3H3. The van der Waals surface area contributed by atoms with Crippen LogP contribution in [-0.2, 0) is 9.53 Å². The lowest BCUT2D eigenvalue weighted by Crippen LogP contribution is -2.13. The molecule has 0 aromatic carbocycles. The van der Waals surface area contributed by atoms with Gasteiger partial charge in [0.05, 0.1) is 0 Å². The number of hydrogen-bond donors (Lipinski definition) is 0. The first-order valence-corrected chi connectivity index (χ1v) is 8.29. The third-order valence-corrected chi connectivity index (χ3v) is 3.26. The predicted molar refractivity (Wildman–Crippen MR) is 85.7 cm³/mol. The molecule has 0 amide bonds. The molecule has 0 aromatic heterocycles. The quantitative estimate of drug-likeness (QED) is 0.265. The molecule has 0 rings (SSSR count). The first-order valence-electron chi connectivity index (χ1n) is 8.29. The molecule has 0 aliphatic rings. The van der Waals surface area contributed by atoms with Gasteiger partial charge in [-0.25, -0.2) is 0 Å². The number of rotatable bonds is 12. The first kappa shape index (κ1) is 19.0. The average Bonchev–Trinajstić information content (AvgIpc) is 2.41. The Labute approximate surface area is 125 Å². The molecule has 20 heavy (non-hydrogen) atoms. The minimum atomic E-state index is -0.201. The van der Waals surface area contributed by atoms with Crippen LogP contribution in [0.3, 0.4) is 0 Å². The Bertz CT molecular complexity index is 288. The number of carbonyl (C=O) groups is 1. The Morgan fingerprint density at radius 3 is 2.35 bits per heavy atom. The number of hydrogen-bond acceptors (Lipinski definition) is 2. The van der Waals surface area contributed by atoms with Gasteiger partial charge in [-0.3, -0.25) is 4.79 Å². The summed E-state index contributed by atoms with van der Waals surface area (Å²) in [6.07, 6.45) is 15.7. The minimum absolute atomic E-state index is 0.100. The zero-order valence-electron chi connectivity index (χ0n) is 13.6. The second-order valence-electron chi connectivity index (χ2n) is 5.38. The van der Waals surface area contributed by atoms with E-state index in [4.69, 9.17) is 4.74 Å². The van der Waals surface area contributed by atoms with E-state index in [9.17, 15) is 4.79 Å². The molecule has 2 heteroatoms. The molecule has 0 saturated carbocycles. The van der Waals surface area contributed by atoms with Gasteiger partial charge in [-0.2, -0.15) is 0 Å². The van der Waals surface area contributed by atoms with Crippen LogP contribution in [0.1, 0.15) is 85.0 Å². The van der Waals surface area contributed by atoms with Gasteiger partial charge in [0.1, 0.15) is 6.10 Å². The molecule has 0 spiro atoms. The molecule has 0 saturated heterocycles. The summed E-state index contributed by atoms with van der Waals surface area (Å²) in [5, 5.41) is 0. The van der Waals surface area contributed by atoms with Crippen molar-refractivity contribution >= 4 is 5.97 Å². The van der Waals surface area contributed by atoms with E-state index in [0.717, 1.165) is 19.3 Å². The van der Waals surface area contributed by atoms with E-state index in [2.05, 4.69) is 25.7 Å². The molecule has 1 unspecified atom stereocenters. The highest BCUT2D eigenvalue weighted by Gasteiger charge is 2.07. The fourth-order valence-corrected chi connectivity index (χ4v) is 2.09. The molecule has 0 aliphatic carbocycles. The smallest absolute Gasteiger partial charge is 0.303 e.